The number of anilines is 1. The van der Waals surface area contributed by atoms with E-state index in [4.69, 9.17) is 5.41 Å². The van der Waals surface area contributed by atoms with Gasteiger partial charge in [-0.3, -0.25) is 0 Å². The van der Waals surface area contributed by atoms with Gasteiger partial charge in [0, 0.05) is 12.4 Å². The summed E-state index contributed by atoms with van der Waals surface area (Å²) in [4.78, 5) is 0. The molecule has 1 aromatic carbocycles. The minimum Gasteiger partial charge on any atom is -0.359 e. The fraction of sp³-hybridized carbons (Fsp3) is 0.250. The van der Waals surface area contributed by atoms with Crippen LogP contribution in [-0.4, -0.2) is 6.21 Å². The number of nitrogens with one attached hydrogen (secondary N) is 2. The van der Waals surface area contributed by atoms with Crippen molar-refractivity contribution in [2.45, 2.75) is 19.8 Å². The Bertz CT molecular complexity index is 358. The Labute approximate surface area is 89.3 Å². The highest BCUT2D eigenvalue weighted by Gasteiger charge is 1.97. The van der Waals surface area contributed by atoms with Gasteiger partial charge in [-0.2, -0.15) is 0 Å². The fourth-order valence-corrected chi connectivity index (χ4v) is 1.22. The standard InChI is InChI=1S/C12H15FN2/c1-2-5-10(8-14)9-15-12-7-4-3-6-11(12)13/h3-4,6-9,14-15H,2,5H2,1H3/b10-9-,14-8?. The van der Waals surface area contributed by atoms with E-state index in [1.165, 1.54) is 12.3 Å². The summed E-state index contributed by atoms with van der Waals surface area (Å²) in [5, 5.41) is 10.0. The molecule has 3 heteroatoms. The lowest BCUT2D eigenvalue weighted by molar-refractivity contribution is 0.632. The summed E-state index contributed by atoms with van der Waals surface area (Å²) in [6, 6.07) is 6.48. The Hall–Kier alpha value is -1.64. The van der Waals surface area contributed by atoms with E-state index in [1.54, 1.807) is 24.4 Å². The Kier molecular flexibility index (Phi) is 4.54. The third kappa shape index (κ3) is 3.54. The summed E-state index contributed by atoms with van der Waals surface area (Å²) >= 11 is 0. The van der Waals surface area contributed by atoms with Gasteiger partial charge in [-0.15, -0.1) is 0 Å². The van der Waals surface area contributed by atoms with Crippen molar-refractivity contribution >= 4 is 11.9 Å². The van der Waals surface area contributed by atoms with Gasteiger partial charge in [-0.05, 0) is 24.1 Å². The van der Waals surface area contributed by atoms with Crippen LogP contribution in [0.25, 0.3) is 0 Å². The molecule has 1 rings (SSSR count). The molecule has 0 heterocycles. The first-order chi connectivity index (χ1) is 7.27. The number of rotatable bonds is 5. The molecule has 1 aromatic rings. The predicted molar refractivity (Wildman–Crippen MR) is 61.8 cm³/mol. The minimum atomic E-state index is -0.283. The summed E-state index contributed by atoms with van der Waals surface area (Å²) in [6.45, 7) is 2.04. The molecule has 0 atom stereocenters. The lowest BCUT2D eigenvalue weighted by atomic mass is 10.2. The Morgan fingerprint density at radius 1 is 1.47 bits per heavy atom. The number of para-hydroxylation sites is 1. The van der Waals surface area contributed by atoms with Crippen molar-refractivity contribution in [3.05, 3.63) is 41.9 Å². The number of allylic oxidation sites excluding steroid dienone is 1. The summed E-state index contributed by atoms with van der Waals surface area (Å²) in [7, 11) is 0. The van der Waals surface area contributed by atoms with Crippen LogP contribution >= 0.6 is 0 Å². The van der Waals surface area contributed by atoms with Crippen molar-refractivity contribution in [2.75, 3.05) is 5.32 Å². The summed E-state index contributed by atoms with van der Waals surface area (Å²) in [5.74, 6) is -0.283. The van der Waals surface area contributed by atoms with Crippen LogP contribution in [0.2, 0.25) is 0 Å². The predicted octanol–water partition coefficient (Wildman–Crippen LogP) is 3.57. The first kappa shape index (κ1) is 11.4. The van der Waals surface area contributed by atoms with Crippen LogP contribution in [-0.2, 0) is 0 Å². The Morgan fingerprint density at radius 2 is 2.20 bits per heavy atom. The molecule has 15 heavy (non-hydrogen) atoms. The second kappa shape index (κ2) is 5.96. The van der Waals surface area contributed by atoms with Crippen LogP contribution in [0.3, 0.4) is 0 Å². The van der Waals surface area contributed by atoms with Crippen molar-refractivity contribution in [3.8, 4) is 0 Å². The molecule has 0 saturated carbocycles. The van der Waals surface area contributed by atoms with Crippen LogP contribution in [0.15, 0.2) is 36.0 Å². The second-order valence-electron chi connectivity index (χ2n) is 3.24. The monoisotopic (exact) mass is 206 g/mol. The summed E-state index contributed by atoms with van der Waals surface area (Å²) < 4.78 is 13.2. The van der Waals surface area contributed by atoms with Crippen LogP contribution in [0.1, 0.15) is 19.8 Å². The topological polar surface area (TPSA) is 35.9 Å². The molecule has 0 unspecified atom stereocenters. The molecule has 0 fully saturated rings. The Morgan fingerprint density at radius 3 is 2.80 bits per heavy atom. The zero-order valence-electron chi connectivity index (χ0n) is 8.76. The molecule has 2 nitrogen and oxygen atoms in total. The average Bonchev–Trinajstić information content (AvgIpc) is 2.26. The van der Waals surface area contributed by atoms with Crippen LogP contribution in [0, 0.1) is 11.2 Å². The van der Waals surface area contributed by atoms with Crippen molar-refractivity contribution < 1.29 is 4.39 Å². The van der Waals surface area contributed by atoms with Crippen molar-refractivity contribution in [1.29, 1.82) is 5.41 Å². The molecule has 0 aromatic heterocycles. The first-order valence-electron chi connectivity index (χ1n) is 4.98. The van der Waals surface area contributed by atoms with Gasteiger partial charge in [0.1, 0.15) is 5.82 Å². The van der Waals surface area contributed by atoms with Gasteiger partial charge in [-0.25, -0.2) is 4.39 Å². The van der Waals surface area contributed by atoms with Crippen molar-refractivity contribution in [3.63, 3.8) is 0 Å². The number of halogens is 1. The van der Waals surface area contributed by atoms with Gasteiger partial charge < -0.3 is 10.7 Å². The van der Waals surface area contributed by atoms with Gasteiger partial charge in [0.15, 0.2) is 0 Å². The maximum absolute atomic E-state index is 13.2. The summed E-state index contributed by atoms with van der Waals surface area (Å²) in [5.41, 5.74) is 1.30. The van der Waals surface area contributed by atoms with Crippen LogP contribution in [0.4, 0.5) is 10.1 Å². The average molecular weight is 206 g/mol. The normalized spacial score (nSPS) is 11.2. The zero-order valence-corrected chi connectivity index (χ0v) is 8.76. The van der Waals surface area contributed by atoms with Crippen molar-refractivity contribution in [1.82, 2.24) is 0 Å². The molecule has 0 spiro atoms. The molecule has 2 N–H and O–H groups in total. The smallest absolute Gasteiger partial charge is 0.146 e. The van der Waals surface area contributed by atoms with E-state index < -0.39 is 0 Å². The highest BCUT2D eigenvalue weighted by atomic mass is 19.1. The molecule has 0 aliphatic rings. The maximum Gasteiger partial charge on any atom is 0.146 e. The van der Waals surface area contributed by atoms with Crippen LogP contribution < -0.4 is 5.32 Å². The van der Waals surface area contributed by atoms with E-state index in [0.29, 0.717) is 5.69 Å². The highest BCUT2D eigenvalue weighted by Crippen LogP contribution is 2.13. The lowest BCUT2D eigenvalue weighted by Gasteiger charge is -2.03. The zero-order chi connectivity index (χ0) is 11.1. The molecule has 0 bridgehead atoms. The molecule has 0 aliphatic heterocycles. The quantitative estimate of drug-likeness (QED) is 0.710. The fourth-order valence-electron chi connectivity index (χ4n) is 1.22. The number of hydrogen-bond acceptors (Lipinski definition) is 2. The molecule has 80 valence electrons. The van der Waals surface area contributed by atoms with E-state index >= 15 is 0 Å². The van der Waals surface area contributed by atoms with E-state index in [1.807, 2.05) is 6.92 Å². The minimum absolute atomic E-state index is 0.283. The number of hydrogen-bond donors (Lipinski definition) is 2. The van der Waals surface area contributed by atoms with Gasteiger partial charge in [0.2, 0.25) is 0 Å². The SMILES string of the molecule is CCC/C(C=N)=C/Nc1ccccc1F. The van der Waals surface area contributed by atoms with Crippen LogP contribution in [0.5, 0.6) is 0 Å². The summed E-state index contributed by atoms with van der Waals surface area (Å²) in [6.07, 6.45) is 4.76. The molecular weight excluding hydrogens is 191 g/mol. The largest absolute Gasteiger partial charge is 0.359 e. The Balaban J connectivity index is 2.70. The maximum atomic E-state index is 13.2. The van der Waals surface area contributed by atoms with E-state index in [0.717, 1.165) is 18.4 Å². The third-order valence-electron chi connectivity index (χ3n) is 2.01. The van der Waals surface area contributed by atoms with E-state index in [9.17, 15) is 4.39 Å². The molecule has 0 amide bonds. The first-order valence-corrected chi connectivity index (χ1v) is 4.98. The van der Waals surface area contributed by atoms with Gasteiger partial charge in [0.25, 0.3) is 0 Å². The molecular formula is C12H15FN2. The van der Waals surface area contributed by atoms with Gasteiger partial charge in [-0.1, -0.05) is 25.5 Å². The van der Waals surface area contributed by atoms with E-state index in [-0.39, 0.29) is 5.82 Å². The lowest BCUT2D eigenvalue weighted by Crippen LogP contribution is -1.95. The van der Waals surface area contributed by atoms with Gasteiger partial charge in [0.05, 0.1) is 5.69 Å². The second-order valence-corrected chi connectivity index (χ2v) is 3.24. The molecule has 0 aliphatic carbocycles. The van der Waals surface area contributed by atoms with Gasteiger partial charge >= 0.3 is 0 Å². The molecule has 0 saturated heterocycles. The highest BCUT2D eigenvalue weighted by molar-refractivity contribution is 5.76. The van der Waals surface area contributed by atoms with Crippen molar-refractivity contribution in [2.24, 2.45) is 0 Å². The molecule has 0 radical (unpaired) electrons. The number of benzene rings is 1. The van der Waals surface area contributed by atoms with E-state index in [2.05, 4.69) is 5.32 Å². The third-order valence-corrected chi connectivity index (χ3v) is 2.01.